The van der Waals surface area contributed by atoms with Crippen molar-refractivity contribution in [2.24, 2.45) is 0 Å². The minimum Gasteiger partial charge on any atom is -0.493 e. The first-order valence-electron chi connectivity index (χ1n) is 8.83. The smallest absolute Gasteiger partial charge is 0.236 e. The van der Waals surface area contributed by atoms with Gasteiger partial charge in [-0.15, -0.1) is 0 Å². The van der Waals surface area contributed by atoms with Gasteiger partial charge < -0.3 is 14.4 Å². The average molecular weight is 409 g/mol. The molecule has 7 heteroatoms. The van der Waals surface area contributed by atoms with Gasteiger partial charge in [0, 0.05) is 30.7 Å². The van der Waals surface area contributed by atoms with Gasteiger partial charge in [0.25, 0.3) is 0 Å². The fourth-order valence-corrected chi connectivity index (χ4v) is 3.12. The zero-order chi connectivity index (χ0) is 20.8. The summed E-state index contributed by atoms with van der Waals surface area (Å²) in [6, 6.07) is 8.33. The van der Waals surface area contributed by atoms with E-state index in [2.05, 4.69) is 0 Å². The van der Waals surface area contributed by atoms with Crippen molar-refractivity contribution >= 4 is 17.5 Å². The van der Waals surface area contributed by atoms with Gasteiger partial charge in [0.15, 0.2) is 11.5 Å². The van der Waals surface area contributed by atoms with E-state index in [0.717, 1.165) is 11.1 Å². The molecule has 1 amide bonds. The number of amides is 1. The van der Waals surface area contributed by atoms with Crippen molar-refractivity contribution in [2.75, 3.05) is 34.9 Å². The lowest BCUT2D eigenvalue weighted by atomic mass is 10.1. The standard InChI is InChI=1S/C21H26ClFN2O3/c1-14-9-19(27-4)20(28-5)10-15(14)11-25(3)21(26)13-24(2)12-16-17(22)7-6-8-18(16)23/h6-10H,11-13H2,1-5H3. The molecular weight excluding hydrogens is 383 g/mol. The van der Waals surface area contributed by atoms with Gasteiger partial charge in [0.1, 0.15) is 5.82 Å². The van der Waals surface area contributed by atoms with Crippen LogP contribution >= 0.6 is 11.6 Å². The minimum absolute atomic E-state index is 0.0795. The molecular formula is C21H26ClFN2O3. The van der Waals surface area contributed by atoms with E-state index in [0.29, 0.717) is 28.6 Å². The highest BCUT2D eigenvalue weighted by atomic mass is 35.5. The lowest BCUT2D eigenvalue weighted by Gasteiger charge is -2.23. The van der Waals surface area contributed by atoms with Crippen LogP contribution in [0.15, 0.2) is 30.3 Å². The number of ether oxygens (including phenoxy) is 2. The van der Waals surface area contributed by atoms with E-state index in [1.807, 2.05) is 19.1 Å². The van der Waals surface area contributed by atoms with E-state index < -0.39 is 0 Å². The second-order valence-electron chi connectivity index (χ2n) is 6.76. The Kier molecular flexibility index (Phi) is 7.66. The van der Waals surface area contributed by atoms with Crippen LogP contribution in [0, 0.1) is 12.7 Å². The van der Waals surface area contributed by atoms with Crippen molar-refractivity contribution in [3.63, 3.8) is 0 Å². The number of rotatable bonds is 8. The number of carbonyl (C=O) groups excluding carboxylic acids is 1. The quantitative estimate of drug-likeness (QED) is 0.664. The normalized spacial score (nSPS) is 10.9. The predicted molar refractivity (Wildman–Crippen MR) is 109 cm³/mol. The Morgan fingerprint density at radius 1 is 1.11 bits per heavy atom. The Morgan fingerprint density at radius 2 is 1.75 bits per heavy atom. The van der Waals surface area contributed by atoms with Crippen LogP contribution in [0.4, 0.5) is 4.39 Å². The number of nitrogens with zero attached hydrogens (tertiary/aromatic N) is 2. The van der Waals surface area contributed by atoms with E-state index in [1.165, 1.54) is 6.07 Å². The van der Waals surface area contributed by atoms with Crippen LogP contribution in [-0.2, 0) is 17.9 Å². The van der Waals surface area contributed by atoms with Crippen molar-refractivity contribution in [1.29, 1.82) is 0 Å². The number of aryl methyl sites for hydroxylation is 1. The van der Waals surface area contributed by atoms with Crippen LogP contribution in [0.1, 0.15) is 16.7 Å². The van der Waals surface area contributed by atoms with Crippen molar-refractivity contribution in [3.05, 3.63) is 57.9 Å². The highest BCUT2D eigenvalue weighted by Crippen LogP contribution is 2.30. The third-order valence-electron chi connectivity index (χ3n) is 4.57. The van der Waals surface area contributed by atoms with E-state index in [9.17, 15) is 9.18 Å². The summed E-state index contributed by atoms with van der Waals surface area (Å²) in [5, 5.41) is 0.355. The molecule has 0 heterocycles. The molecule has 0 fully saturated rings. The number of benzene rings is 2. The molecule has 0 radical (unpaired) electrons. The van der Waals surface area contributed by atoms with Gasteiger partial charge in [-0.1, -0.05) is 17.7 Å². The molecule has 0 unspecified atom stereocenters. The van der Waals surface area contributed by atoms with Crippen LogP contribution in [0.3, 0.4) is 0 Å². The van der Waals surface area contributed by atoms with Crippen molar-refractivity contribution in [3.8, 4) is 11.5 Å². The number of methoxy groups -OCH3 is 2. The molecule has 2 rings (SSSR count). The fraction of sp³-hybridized carbons (Fsp3) is 0.381. The second-order valence-corrected chi connectivity index (χ2v) is 7.16. The first-order chi connectivity index (χ1) is 13.3. The zero-order valence-electron chi connectivity index (χ0n) is 16.9. The molecule has 2 aromatic rings. The summed E-state index contributed by atoms with van der Waals surface area (Å²) in [6.45, 7) is 2.79. The summed E-state index contributed by atoms with van der Waals surface area (Å²) in [4.78, 5) is 16.0. The van der Waals surface area contributed by atoms with Gasteiger partial charge in [-0.05, 0) is 49.4 Å². The molecule has 0 saturated carbocycles. The van der Waals surface area contributed by atoms with Crippen molar-refractivity contribution in [2.45, 2.75) is 20.0 Å². The molecule has 5 nitrogen and oxygen atoms in total. The summed E-state index contributed by atoms with van der Waals surface area (Å²) in [5.41, 5.74) is 2.36. The SMILES string of the molecule is COc1cc(C)c(CN(C)C(=O)CN(C)Cc2c(F)cccc2Cl)cc1OC. The Balaban J connectivity index is 2.03. The van der Waals surface area contributed by atoms with Crippen LogP contribution in [0.2, 0.25) is 5.02 Å². The molecule has 0 N–H and O–H groups in total. The van der Waals surface area contributed by atoms with Crippen LogP contribution in [0.25, 0.3) is 0 Å². The van der Waals surface area contributed by atoms with Crippen LogP contribution < -0.4 is 9.47 Å². The third-order valence-corrected chi connectivity index (χ3v) is 4.92. The molecule has 152 valence electrons. The molecule has 0 aliphatic heterocycles. The Labute approximate surface area is 170 Å². The fourth-order valence-electron chi connectivity index (χ4n) is 2.90. The molecule has 28 heavy (non-hydrogen) atoms. The van der Waals surface area contributed by atoms with Crippen molar-refractivity contribution < 1.29 is 18.7 Å². The first kappa shape index (κ1) is 22.0. The zero-order valence-corrected chi connectivity index (χ0v) is 17.6. The molecule has 0 spiro atoms. The van der Waals surface area contributed by atoms with Gasteiger partial charge in [0.05, 0.1) is 20.8 Å². The molecule has 0 aliphatic rings. The first-order valence-corrected chi connectivity index (χ1v) is 9.21. The van der Waals surface area contributed by atoms with E-state index in [1.54, 1.807) is 50.2 Å². The van der Waals surface area contributed by atoms with Crippen LogP contribution in [0.5, 0.6) is 11.5 Å². The summed E-state index contributed by atoms with van der Waals surface area (Å²) < 4.78 is 24.6. The number of carbonyl (C=O) groups is 1. The van der Waals surface area contributed by atoms with E-state index >= 15 is 0 Å². The van der Waals surface area contributed by atoms with Gasteiger partial charge in [-0.2, -0.15) is 0 Å². The average Bonchev–Trinajstić information content (AvgIpc) is 2.65. The van der Waals surface area contributed by atoms with Gasteiger partial charge in [-0.25, -0.2) is 4.39 Å². The molecule has 0 saturated heterocycles. The number of hydrogen-bond donors (Lipinski definition) is 0. The monoisotopic (exact) mass is 408 g/mol. The van der Waals surface area contributed by atoms with E-state index in [-0.39, 0.29) is 24.8 Å². The summed E-state index contributed by atoms with van der Waals surface area (Å²) in [5.74, 6) is 0.819. The molecule has 0 bridgehead atoms. The summed E-state index contributed by atoms with van der Waals surface area (Å²) >= 11 is 6.07. The maximum atomic E-state index is 13.9. The molecule has 0 aliphatic carbocycles. The summed E-state index contributed by atoms with van der Waals surface area (Å²) in [7, 11) is 6.66. The number of likely N-dealkylation sites (N-methyl/N-ethyl adjacent to an activating group) is 2. The van der Waals surface area contributed by atoms with Gasteiger partial charge >= 0.3 is 0 Å². The van der Waals surface area contributed by atoms with Crippen molar-refractivity contribution in [1.82, 2.24) is 9.80 Å². The Hall–Kier alpha value is -2.31. The Morgan fingerprint density at radius 3 is 2.36 bits per heavy atom. The summed E-state index contributed by atoms with van der Waals surface area (Å²) in [6.07, 6.45) is 0. The Bertz CT molecular complexity index is 824. The topological polar surface area (TPSA) is 42.0 Å². The number of halogens is 2. The number of hydrogen-bond acceptors (Lipinski definition) is 4. The third kappa shape index (κ3) is 5.36. The predicted octanol–water partition coefficient (Wildman–Crippen LogP) is 3.90. The molecule has 2 aromatic carbocycles. The lowest BCUT2D eigenvalue weighted by Crippen LogP contribution is -2.36. The molecule has 0 aromatic heterocycles. The molecule has 0 atom stereocenters. The highest BCUT2D eigenvalue weighted by Gasteiger charge is 2.17. The second kappa shape index (κ2) is 9.75. The lowest BCUT2D eigenvalue weighted by molar-refractivity contribution is -0.131. The maximum Gasteiger partial charge on any atom is 0.236 e. The highest BCUT2D eigenvalue weighted by molar-refractivity contribution is 6.31. The van der Waals surface area contributed by atoms with E-state index in [4.69, 9.17) is 21.1 Å². The van der Waals surface area contributed by atoms with Gasteiger partial charge in [0.2, 0.25) is 5.91 Å². The largest absolute Gasteiger partial charge is 0.493 e. The minimum atomic E-state index is -0.374. The van der Waals surface area contributed by atoms with Crippen LogP contribution in [-0.4, -0.2) is 50.6 Å². The van der Waals surface area contributed by atoms with Gasteiger partial charge in [-0.3, -0.25) is 9.69 Å². The maximum absolute atomic E-state index is 13.9.